The summed E-state index contributed by atoms with van der Waals surface area (Å²) in [6.07, 6.45) is 0. The van der Waals surface area contributed by atoms with Crippen molar-refractivity contribution in [2.75, 3.05) is 18.8 Å². The van der Waals surface area contributed by atoms with Gasteiger partial charge in [-0.3, -0.25) is 9.00 Å². The van der Waals surface area contributed by atoms with E-state index < -0.39 is 10.8 Å². The van der Waals surface area contributed by atoms with Gasteiger partial charge in [0.2, 0.25) is 5.91 Å². The van der Waals surface area contributed by atoms with Crippen LogP contribution < -0.4 is 11.1 Å². The molecule has 0 bridgehead atoms. The minimum Gasteiger partial charge on any atom is -0.354 e. The minimum atomic E-state index is -1.29. The summed E-state index contributed by atoms with van der Waals surface area (Å²) in [6.45, 7) is 4.69. The first-order valence-corrected chi connectivity index (χ1v) is 6.79. The first-order valence-electron chi connectivity index (χ1n) is 5.47. The van der Waals surface area contributed by atoms with Crippen molar-refractivity contribution in [3.05, 3.63) is 29.3 Å². The molecular weight excluding hydrogens is 236 g/mol. The monoisotopic (exact) mass is 254 g/mol. The van der Waals surface area contributed by atoms with Gasteiger partial charge in [-0.05, 0) is 25.5 Å². The van der Waals surface area contributed by atoms with E-state index in [1.165, 1.54) is 0 Å². The van der Waals surface area contributed by atoms with Gasteiger partial charge in [0.05, 0.1) is 10.8 Å². The van der Waals surface area contributed by atoms with E-state index in [0.29, 0.717) is 13.1 Å². The topological polar surface area (TPSA) is 72.2 Å². The molecule has 5 heteroatoms. The van der Waals surface area contributed by atoms with Crippen molar-refractivity contribution in [2.24, 2.45) is 5.73 Å². The molecule has 0 heterocycles. The number of carbonyl (C=O) groups excluding carboxylic acids is 1. The highest BCUT2D eigenvalue weighted by Gasteiger charge is 2.11. The number of nitrogens with two attached hydrogens (primary N) is 1. The number of carbonyl (C=O) groups is 1. The maximum absolute atomic E-state index is 12.0. The Morgan fingerprint density at radius 3 is 2.71 bits per heavy atom. The Labute approximate surface area is 104 Å². The third-order valence-electron chi connectivity index (χ3n) is 2.30. The zero-order chi connectivity index (χ0) is 12.8. The lowest BCUT2D eigenvalue weighted by Gasteiger charge is -2.07. The minimum absolute atomic E-state index is 0.0100. The van der Waals surface area contributed by atoms with Crippen molar-refractivity contribution in [3.8, 4) is 0 Å². The predicted octanol–water partition coefficient (Wildman–Crippen LogP) is 0.486. The molecule has 1 unspecified atom stereocenters. The van der Waals surface area contributed by atoms with Gasteiger partial charge in [0, 0.05) is 18.0 Å². The Balaban J connectivity index is 2.67. The number of hydrogen-bond donors (Lipinski definition) is 2. The second-order valence-corrected chi connectivity index (χ2v) is 5.32. The summed E-state index contributed by atoms with van der Waals surface area (Å²) >= 11 is 0. The molecule has 1 rings (SSSR count). The molecule has 1 aromatic carbocycles. The Morgan fingerprint density at radius 1 is 1.41 bits per heavy atom. The molecule has 17 heavy (non-hydrogen) atoms. The molecule has 0 saturated heterocycles. The van der Waals surface area contributed by atoms with E-state index in [1.807, 2.05) is 32.0 Å². The average molecular weight is 254 g/mol. The fourth-order valence-corrected chi connectivity index (χ4v) is 2.65. The van der Waals surface area contributed by atoms with E-state index in [4.69, 9.17) is 5.73 Å². The van der Waals surface area contributed by atoms with Crippen LogP contribution in [0.15, 0.2) is 23.1 Å². The van der Waals surface area contributed by atoms with E-state index in [1.54, 1.807) is 0 Å². The van der Waals surface area contributed by atoms with Crippen molar-refractivity contribution >= 4 is 16.7 Å². The Bertz CT molecular complexity index is 433. The lowest BCUT2D eigenvalue weighted by molar-refractivity contribution is -0.118. The molecule has 0 aliphatic rings. The number of rotatable bonds is 5. The second kappa shape index (κ2) is 6.51. The maximum Gasteiger partial charge on any atom is 0.233 e. The van der Waals surface area contributed by atoms with E-state index in [9.17, 15) is 9.00 Å². The van der Waals surface area contributed by atoms with Crippen molar-refractivity contribution < 1.29 is 9.00 Å². The number of aryl methyl sites for hydroxylation is 2. The molecule has 0 aliphatic heterocycles. The standard InChI is InChI=1S/C12H18N2O2S/c1-9-3-4-11(10(2)7-9)17(16)8-12(15)14-6-5-13/h3-4,7H,5-6,8,13H2,1-2H3,(H,14,15). The first kappa shape index (κ1) is 13.9. The second-order valence-electron chi connectivity index (χ2n) is 3.90. The van der Waals surface area contributed by atoms with Crippen LogP contribution in [0.2, 0.25) is 0 Å². The Morgan fingerprint density at radius 2 is 2.12 bits per heavy atom. The van der Waals surface area contributed by atoms with E-state index in [0.717, 1.165) is 16.0 Å². The number of amides is 1. The van der Waals surface area contributed by atoms with Gasteiger partial charge in [0.25, 0.3) is 0 Å². The molecule has 0 aliphatic carbocycles. The van der Waals surface area contributed by atoms with Gasteiger partial charge in [0.1, 0.15) is 5.75 Å². The predicted molar refractivity (Wildman–Crippen MR) is 69.3 cm³/mol. The molecule has 1 amide bonds. The molecular formula is C12H18N2O2S. The van der Waals surface area contributed by atoms with Crippen LogP contribution >= 0.6 is 0 Å². The summed E-state index contributed by atoms with van der Waals surface area (Å²) in [7, 11) is -1.29. The number of nitrogens with one attached hydrogen (secondary N) is 1. The molecule has 94 valence electrons. The van der Waals surface area contributed by atoms with Crippen molar-refractivity contribution in [1.29, 1.82) is 0 Å². The summed E-state index contributed by atoms with van der Waals surface area (Å²) in [4.78, 5) is 12.1. The van der Waals surface area contributed by atoms with E-state index in [-0.39, 0.29) is 11.7 Å². The molecule has 1 aromatic rings. The average Bonchev–Trinajstić information content (AvgIpc) is 2.26. The van der Waals surface area contributed by atoms with E-state index in [2.05, 4.69) is 5.32 Å². The SMILES string of the molecule is Cc1ccc(S(=O)CC(=O)NCCN)c(C)c1. The summed E-state index contributed by atoms with van der Waals surface area (Å²) in [6, 6.07) is 5.68. The largest absolute Gasteiger partial charge is 0.354 e. The van der Waals surface area contributed by atoms with Gasteiger partial charge < -0.3 is 11.1 Å². The van der Waals surface area contributed by atoms with Crippen LogP contribution in [0.4, 0.5) is 0 Å². The van der Waals surface area contributed by atoms with Gasteiger partial charge >= 0.3 is 0 Å². The highest BCUT2D eigenvalue weighted by molar-refractivity contribution is 7.85. The highest BCUT2D eigenvalue weighted by Crippen LogP contribution is 2.14. The molecule has 1 atom stereocenters. The zero-order valence-electron chi connectivity index (χ0n) is 10.2. The third kappa shape index (κ3) is 4.28. The summed E-state index contributed by atoms with van der Waals surface area (Å²) in [5.74, 6) is -0.238. The quantitative estimate of drug-likeness (QED) is 0.803. The normalized spacial score (nSPS) is 12.2. The maximum atomic E-state index is 12.0. The van der Waals surface area contributed by atoms with Gasteiger partial charge in [-0.15, -0.1) is 0 Å². The van der Waals surface area contributed by atoms with Crippen LogP contribution in [-0.2, 0) is 15.6 Å². The summed E-state index contributed by atoms with van der Waals surface area (Å²) in [5.41, 5.74) is 7.34. The third-order valence-corrected chi connectivity index (χ3v) is 3.78. The lowest BCUT2D eigenvalue weighted by Crippen LogP contribution is -2.32. The van der Waals surface area contributed by atoms with Gasteiger partial charge in [0.15, 0.2) is 0 Å². The van der Waals surface area contributed by atoms with Gasteiger partial charge in [-0.2, -0.15) is 0 Å². The zero-order valence-corrected chi connectivity index (χ0v) is 11.0. The molecule has 4 nitrogen and oxygen atoms in total. The Kier molecular flexibility index (Phi) is 5.31. The smallest absolute Gasteiger partial charge is 0.233 e. The van der Waals surface area contributed by atoms with Crippen molar-refractivity contribution in [2.45, 2.75) is 18.7 Å². The van der Waals surface area contributed by atoms with E-state index >= 15 is 0 Å². The van der Waals surface area contributed by atoms with Gasteiger partial charge in [-0.25, -0.2) is 0 Å². The molecule has 0 saturated carbocycles. The highest BCUT2D eigenvalue weighted by atomic mass is 32.2. The fourth-order valence-electron chi connectivity index (χ4n) is 1.51. The fraction of sp³-hybridized carbons (Fsp3) is 0.417. The van der Waals surface area contributed by atoms with Crippen LogP contribution in [0.3, 0.4) is 0 Å². The van der Waals surface area contributed by atoms with Gasteiger partial charge in [-0.1, -0.05) is 17.7 Å². The van der Waals surface area contributed by atoms with Crippen LogP contribution in [0.1, 0.15) is 11.1 Å². The van der Waals surface area contributed by atoms with Crippen LogP contribution in [-0.4, -0.2) is 29.0 Å². The Hall–Kier alpha value is -1.20. The van der Waals surface area contributed by atoms with Crippen LogP contribution in [0.25, 0.3) is 0 Å². The molecule has 0 fully saturated rings. The lowest BCUT2D eigenvalue weighted by atomic mass is 10.2. The van der Waals surface area contributed by atoms with Crippen LogP contribution in [0, 0.1) is 13.8 Å². The molecule has 0 spiro atoms. The number of benzene rings is 1. The van der Waals surface area contributed by atoms with Crippen molar-refractivity contribution in [3.63, 3.8) is 0 Å². The van der Waals surface area contributed by atoms with Crippen molar-refractivity contribution in [1.82, 2.24) is 5.32 Å². The van der Waals surface area contributed by atoms with Crippen LogP contribution in [0.5, 0.6) is 0 Å². The summed E-state index contributed by atoms with van der Waals surface area (Å²) < 4.78 is 12.0. The summed E-state index contributed by atoms with van der Waals surface area (Å²) in [5, 5.41) is 2.61. The molecule has 0 radical (unpaired) electrons. The first-order chi connectivity index (χ1) is 8.04. The number of hydrogen-bond acceptors (Lipinski definition) is 3. The molecule has 3 N–H and O–H groups in total. The molecule has 0 aromatic heterocycles.